The van der Waals surface area contributed by atoms with Gasteiger partial charge in [-0.05, 0) is 19.3 Å². The Morgan fingerprint density at radius 2 is 1.45 bits per heavy atom. The van der Waals surface area contributed by atoms with Gasteiger partial charge >= 0.3 is 12.1 Å². The van der Waals surface area contributed by atoms with Gasteiger partial charge in [-0.25, -0.2) is 17.6 Å². The maximum Gasteiger partial charge on any atom is 0.426 e. The minimum Gasteiger partial charge on any atom is -0.460 e. The highest BCUT2D eigenvalue weighted by Gasteiger charge is 2.81. The fraction of sp³-hybridized carbons (Fsp3) is 0.526. The first-order chi connectivity index (χ1) is 12.9. The minimum atomic E-state index is -4.82. The lowest BCUT2D eigenvalue weighted by atomic mass is 9.95. The van der Waals surface area contributed by atoms with Gasteiger partial charge in [0.25, 0.3) is 0 Å². The molecule has 1 aromatic rings. The molecule has 2 rings (SSSR count). The zero-order valence-electron chi connectivity index (χ0n) is 16.1. The topological polar surface area (TPSA) is 26.3 Å². The van der Waals surface area contributed by atoms with Crippen molar-refractivity contribution in [3.05, 3.63) is 45.5 Å². The summed E-state index contributed by atoms with van der Waals surface area (Å²) in [4.78, 5) is 12.6. The van der Waals surface area contributed by atoms with Crippen LogP contribution < -0.4 is 0 Å². The second-order valence-electron chi connectivity index (χ2n) is 7.88. The molecule has 0 N–H and O–H groups in total. The maximum absolute atomic E-state index is 13.9. The summed E-state index contributed by atoms with van der Waals surface area (Å²) >= 11 is 5.31. The highest BCUT2D eigenvalue weighted by atomic mass is 35.5. The standard InChI is InChI=1S/C19H18ClF7O2/c1-8-11(21)13(23)9(14(24)12(8)22)7-29-15(28)18(5)16(2,3)17(18,4)6-10(20)19(25,26)27/h6H,7H2,1-5H3/t17-,18+/m0/s1. The fourth-order valence-corrected chi connectivity index (χ4v) is 3.92. The normalized spacial score (nSPS) is 26.4. The summed E-state index contributed by atoms with van der Waals surface area (Å²) in [5, 5.41) is -1.43. The molecule has 162 valence electrons. The second-order valence-corrected chi connectivity index (χ2v) is 8.29. The fourth-order valence-electron chi connectivity index (χ4n) is 3.71. The Morgan fingerprint density at radius 3 is 1.86 bits per heavy atom. The molecule has 2 nitrogen and oxygen atoms in total. The van der Waals surface area contributed by atoms with E-state index in [1.54, 1.807) is 0 Å². The predicted octanol–water partition coefficient (Wildman–Crippen LogP) is 6.33. The van der Waals surface area contributed by atoms with Crippen LogP contribution in [0.2, 0.25) is 0 Å². The van der Waals surface area contributed by atoms with E-state index in [1.165, 1.54) is 27.7 Å². The molecular formula is C19H18ClF7O2. The number of halogens is 8. The van der Waals surface area contributed by atoms with E-state index in [0.29, 0.717) is 6.08 Å². The van der Waals surface area contributed by atoms with Crippen LogP contribution in [0.15, 0.2) is 11.1 Å². The van der Waals surface area contributed by atoms with Crippen molar-refractivity contribution in [2.75, 3.05) is 0 Å². The molecule has 0 amide bonds. The summed E-state index contributed by atoms with van der Waals surface area (Å²) in [5.74, 6) is -7.77. The Morgan fingerprint density at radius 1 is 1.00 bits per heavy atom. The summed E-state index contributed by atoms with van der Waals surface area (Å²) < 4.78 is 98.5. The average molecular weight is 447 g/mol. The van der Waals surface area contributed by atoms with Gasteiger partial charge in [0.15, 0.2) is 23.3 Å². The number of ether oxygens (including phenoxy) is 1. The summed E-state index contributed by atoms with van der Waals surface area (Å²) in [5.41, 5.74) is -6.01. The predicted molar refractivity (Wildman–Crippen MR) is 90.8 cm³/mol. The van der Waals surface area contributed by atoms with Crippen molar-refractivity contribution in [2.45, 2.75) is 47.4 Å². The van der Waals surface area contributed by atoms with E-state index >= 15 is 0 Å². The molecule has 1 saturated carbocycles. The highest BCUT2D eigenvalue weighted by Crippen LogP contribution is 2.79. The molecular weight excluding hydrogens is 429 g/mol. The molecule has 10 heteroatoms. The first-order valence-electron chi connectivity index (χ1n) is 8.39. The molecule has 1 aliphatic rings. The Kier molecular flexibility index (Phi) is 5.58. The molecule has 0 aromatic heterocycles. The minimum absolute atomic E-state index is 0.697. The van der Waals surface area contributed by atoms with Crippen LogP contribution in [-0.2, 0) is 16.1 Å². The van der Waals surface area contributed by atoms with Crippen LogP contribution >= 0.6 is 11.6 Å². The zero-order valence-corrected chi connectivity index (χ0v) is 16.9. The van der Waals surface area contributed by atoms with Gasteiger partial charge in [-0.3, -0.25) is 4.79 Å². The number of hydrogen-bond acceptors (Lipinski definition) is 2. The maximum atomic E-state index is 13.9. The smallest absolute Gasteiger partial charge is 0.426 e. The third-order valence-corrected chi connectivity index (χ3v) is 6.86. The summed E-state index contributed by atoms with van der Waals surface area (Å²) in [6.45, 7) is 5.37. The number of carbonyl (C=O) groups is 1. The molecule has 1 aromatic carbocycles. The third kappa shape index (κ3) is 3.21. The van der Waals surface area contributed by atoms with Gasteiger partial charge in [0.05, 0.1) is 11.0 Å². The summed E-state index contributed by atoms with van der Waals surface area (Å²) in [7, 11) is 0. The quantitative estimate of drug-likeness (QED) is 0.307. The van der Waals surface area contributed by atoms with Crippen molar-refractivity contribution >= 4 is 17.6 Å². The second kappa shape index (κ2) is 6.89. The Hall–Kier alpha value is -1.77. The molecule has 0 unspecified atom stereocenters. The van der Waals surface area contributed by atoms with E-state index < -0.39 is 74.4 Å². The molecule has 1 fully saturated rings. The van der Waals surface area contributed by atoms with Gasteiger partial charge < -0.3 is 4.74 Å². The van der Waals surface area contributed by atoms with E-state index in [4.69, 9.17) is 16.3 Å². The van der Waals surface area contributed by atoms with Crippen LogP contribution in [-0.4, -0.2) is 12.1 Å². The number of benzene rings is 1. The number of carbonyl (C=O) groups excluding carboxylic acids is 1. The van der Waals surface area contributed by atoms with Crippen molar-refractivity contribution < 1.29 is 40.3 Å². The SMILES string of the molecule is Cc1c(F)c(F)c(COC(=O)[C@]2(C)C(C)(C)[C@]2(C)C=C(Cl)C(F)(F)F)c(F)c1F. The van der Waals surface area contributed by atoms with Crippen molar-refractivity contribution in [2.24, 2.45) is 16.2 Å². The number of hydrogen-bond donors (Lipinski definition) is 0. The Balaban J connectivity index is 2.33. The lowest BCUT2D eigenvalue weighted by Gasteiger charge is -2.17. The molecule has 0 bridgehead atoms. The van der Waals surface area contributed by atoms with Crippen molar-refractivity contribution in [3.8, 4) is 0 Å². The number of rotatable bonds is 4. The van der Waals surface area contributed by atoms with Crippen LogP contribution in [0.1, 0.15) is 38.8 Å². The zero-order chi connectivity index (χ0) is 22.7. The Labute approximate surface area is 167 Å². The molecule has 29 heavy (non-hydrogen) atoms. The van der Waals surface area contributed by atoms with Crippen LogP contribution in [0.4, 0.5) is 30.7 Å². The number of alkyl halides is 3. The average Bonchev–Trinajstić information content (AvgIpc) is 2.96. The third-order valence-electron chi connectivity index (χ3n) is 6.54. The molecule has 0 aliphatic heterocycles. The van der Waals surface area contributed by atoms with Crippen molar-refractivity contribution in [1.82, 2.24) is 0 Å². The largest absolute Gasteiger partial charge is 0.460 e. The van der Waals surface area contributed by atoms with Crippen molar-refractivity contribution in [1.29, 1.82) is 0 Å². The summed E-state index contributed by atoms with van der Waals surface area (Å²) in [6, 6.07) is 0. The monoisotopic (exact) mass is 446 g/mol. The van der Waals surface area contributed by atoms with E-state index in [2.05, 4.69) is 0 Å². The van der Waals surface area contributed by atoms with Crippen LogP contribution in [0.25, 0.3) is 0 Å². The van der Waals surface area contributed by atoms with E-state index in [-0.39, 0.29) is 0 Å². The van der Waals surface area contributed by atoms with Crippen LogP contribution in [0.5, 0.6) is 0 Å². The van der Waals surface area contributed by atoms with E-state index in [0.717, 1.165) is 6.92 Å². The van der Waals surface area contributed by atoms with Crippen LogP contribution in [0.3, 0.4) is 0 Å². The molecule has 0 heterocycles. The molecule has 0 radical (unpaired) electrons. The van der Waals surface area contributed by atoms with Gasteiger partial charge in [0.2, 0.25) is 0 Å². The van der Waals surface area contributed by atoms with E-state index in [9.17, 15) is 35.5 Å². The van der Waals surface area contributed by atoms with Gasteiger partial charge in [0.1, 0.15) is 11.6 Å². The van der Waals surface area contributed by atoms with E-state index in [1.807, 2.05) is 0 Å². The number of allylic oxidation sites excluding steroid dienone is 2. The van der Waals surface area contributed by atoms with Gasteiger partial charge in [-0.1, -0.05) is 38.4 Å². The van der Waals surface area contributed by atoms with Crippen LogP contribution in [0, 0.1) is 46.4 Å². The number of esters is 1. The lowest BCUT2D eigenvalue weighted by molar-refractivity contribution is -0.153. The highest BCUT2D eigenvalue weighted by molar-refractivity contribution is 6.30. The van der Waals surface area contributed by atoms with Gasteiger partial charge in [-0.15, -0.1) is 0 Å². The van der Waals surface area contributed by atoms with Gasteiger partial charge in [-0.2, -0.15) is 13.2 Å². The molecule has 0 saturated heterocycles. The first-order valence-corrected chi connectivity index (χ1v) is 8.77. The van der Waals surface area contributed by atoms with Crippen molar-refractivity contribution in [3.63, 3.8) is 0 Å². The first kappa shape index (κ1) is 23.5. The lowest BCUT2D eigenvalue weighted by Crippen LogP contribution is -2.24. The molecule has 1 aliphatic carbocycles. The molecule has 2 atom stereocenters. The van der Waals surface area contributed by atoms with Gasteiger partial charge in [0, 0.05) is 11.0 Å². The Bertz CT molecular complexity index is 878. The molecule has 0 spiro atoms. The summed E-state index contributed by atoms with van der Waals surface area (Å²) in [6.07, 6.45) is -4.13.